The number of benzene rings is 1. The lowest BCUT2D eigenvalue weighted by Crippen LogP contribution is -2.66. The molecule has 2 aromatic rings. The predicted molar refractivity (Wildman–Crippen MR) is 103 cm³/mol. The first-order valence-electron chi connectivity index (χ1n) is 9.56. The van der Waals surface area contributed by atoms with Crippen molar-refractivity contribution in [1.82, 2.24) is 9.88 Å². The molecule has 1 aromatic carbocycles. The fourth-order valence-corrected chi connectivity index (χ4v) is 4.00. The van der Waals surface area contributed by atoms with Crippen LogP contribution in [0.3, 0.4) is 0 Å². The maximum absolute atomic E-state index is 14.4. The number of ether oxygens (including phenoxy) is 1. The van der Waals surface area contributed by atoms with Crippen molar-refractivity contribution in [3.63, 3.8) is 0 Å². The summed E-state index contributed by atoms with van der Waals surface area (Å²) in [5, 5.41) is 10.8. The summed E-state index contributed by atoms with van der Waals surface area (Å²) in [6.07, 6.45) is -5.00. The van der Waals surface area contributed by atoms with Crippen molar-refractivity contribution in [1.29, 1.82) is 0 Å². The monoisotopic (exact) mass is 477 g/mol. The molecule has 1 aromatic heterocycles. The van der Waals surface area contributed by atoms with Crippen molar-refractivity contribution in [3.05, 3.63) is 58.2 Å². The quantitative estimate of drug-likeness (QED) is 0.685. The molecule has 0 saturated carbocycles. The molecule has 4 rings (SSSR count). The van der Waals surface area contributed by atoms with Gasteiger partial charge < -0.3 is 9.84 Å². The molecular weight excluding hydrogens is 461 g/mol. The van der Waals surface area contributed by atoms with E-state index in [9.17, 15) is 31.9 Å². The maximum atomic E-state index is 14.4. The molecule has 0 radical (unpaired) electrons. The topological polar surface area (TPSA) is 65.9 Å². The van der Waals surface area contributed by atoms with E-state index in [0.29, 0.717) is 6.07 Å². The highest BCUT2D eigenvalue weighted by molar-refractivity contribution is 6.30. The number of rotatable bonds is 4. The zero-order valence-corrected chi connectivity index (χ0v) is 17.1. The number of halogens is 6. The number of carbonyl (C=O) groups is 1. The Bertz CT molecular complexity index is 1030. The smallest absolute Gasteiger partial charge is 0.381 e. The number of piperazine rings is 1. The van der Waals surface area contributed by atoms with Crippen LogP contribution in [0.1, 0.15) is 11.1 Å². The minimum atomic E-state index is -4.84. The standard InChI is InChI=1S/C20H17ClF5N3O3/c21-12-4-15(23)18(27-5-12)29-7-16(30)28(17(19(29)31)11-8-32-9-11)6-10-1-2-13(14(22)3-10)20(24,25)26/h1-5,11,16-17,30H,6-9H2/t16?,17-/m1/s1. The molecule has 1 N–H and O–H groups in total. The molecule has 2 atom stereocenters. The number of β-amino-alcohol motifs (C(OH)–C–C–N with tert-alkyl or cyclic N) is 1. The Morgan fingerprint density at radius 1 is 1.19 bits per heavy atom. The molecule has 172 valence electrons. The molecule has 2 aliphatic rings. The van der Waals surface area contributed by atoms with E-state index in [-0.39, 0.29) is 48.6 Å². The van der Waals surface area contributed by atoms with Crippen LogP contribution in [0.25, 0.3) is 0 Å². The summed E-state index contributed by atoms with van der Waals surface area (Å²) in [4.78, 5) is 19.5. The van der Waals surface area contributed by atoms with E-state index < -0.39 is 41.6 Å². The summed E-state index contributed by atoms with van der Waals surface area (Å²) in [6.45, 7) is -0.151. The third kappa shape index (κ3) is 4.29. The minimum Gasteiger partial charge on any atom is -0.381 e. The molecule has 2 saturated heterocycles. The van der Waals surface area contributed by atoms with Gasteiger partial charge in [0.2, 0.25) is 5.91 Å². The summed E-state index contributed by atoms with van der Waals surface area (Å²) < 4.78 is 72.1. The van der Waals surface area contributed by atoms with E-state index in [0.717, 1.165) is 23.1 Å². The van der Waals surface area contributed by atoms with Gasteiger partial charge in [-0.15, -0.1) is 0 Å². The number of pyridine rings is 1. The Labute approximate surface area is 184 Å². The number of aliphatic hydroxyl groups excluding tert-OH is 1. The van der Waals surface area contributed by atoms with Gasteiger partial charge in [0.15, 0.2) is 11.6 Å². The summed E-state index contributed by atoms with van der Waals surface area (Å²) in [5.41, 5.74) is -1.27. The summed E-state index contributed by atoms with van der Waals surface area (Å²) in [5.74, 6) is -3.52. The van der Waals surface area contributed by atoms with Crippen molar-refractivity contribution in [2.75, 3.05) is 24.7 Å². The Balaban J connectivity index is 1.63. The van der Waals surface area contributed by atoms with Gasteiger partial charge in [0.1, 0.15) is 12.0 Å². The highest BCUT2D eigenvalue weighted by Gasteiger charge is 2.47. The number of carbonyl (C=O) groups excluding carboxylic acids is 1. The van der Waals surface area contributed by atoms with Crippen LogP contribution in [0.2, 0.25) is 5.02 Å². The molecule has 1 unspecified atom stereocenters. The van der Waals surface area contributed by atoms with E-state index in [4.69, 9.17) is 16.3 Å². The number of alkyl halides is 3. The van der Waals surface area contributed by atoms with E-state index in [1.165, 1.54) is 11.1 Å². The van der Waals surface area contributed by atoms with Crippen LogP contribution in [0, 0.1) is 17.6 Å². The van der Waals surface area contributed by atoms with Crippen molar-refractivity contribution in [2.45, 2.75) is 25.0 Å². The second-order valence-electron chi connectivity index (χ2n) is 7.62. The normalized spacial score (nSPS) is 22.8. The molecule has 12 heteroatoms. The second-order valence-corrected chi connectivity index (χ2v) is 8.05. The molecule has 0 spiro atoms. The van der Waals surface area contributed by atoms with Crippen molar-refractivity contribution in [3.8, 4) is 0 Å². The summed E-state index contributed by atoms with van der Waals surface area (Å²) >= 11 is 5.72. The third-order valence-corrected chi connectivity index (χ3v) is 5.67. The molecule has 32 heavy (non-hydrogen) atoms. The second kappa shape index (κ2) is 8.54. The SMILES string of the molecule is O=C1[C@@H](C2COC2)N(Cc2ccc(C(F)(F)F)c(F)c2)C(O)CN1c1ncc(Cl)cc1F. The average molecular weight is 478 g/mol. The van der Waals surface area contributed by atoms with E-state index >= 15 is 0 Å². The van der Waals surface area contributed by atoms with Crippen molar-refractivity contribution in [2.24, 2.45) is 5.92 Å². The first-order chi connectivity index (χ1) is 15.1. The molecule has 6 nitrogen and oxygen atoms in total. The van der Waals surface area contributed by atoms with Gasteiger partial charge in [-0.1, -0.05) is 17.7 Å². The maximum Gasteiger partial charge on any atom is 0.419 e. The zero-order chi connectivity index (χ0) is 23.2. The van der Waals surface area contributed by atoms with Crippen LogP contribution < -0.4 is 4.90 Å². The van der Waals surface area contributed by atoms with Crippen LogP contribution in [0.15, 0.2) is 30.5 Å². The van der Waals surface area contributed by atoms with E-state index in [1.54, 1.807) is 0 Å². The molecule has 0 aliphatic carbocycles. The van der Waals surface area contributed by atoms with Crippen LogP contribution >= 0.6 is 11.6 Å². The Morgan fingerprint density at radius 2 is 1.91 bits per heavy atom. The Kier molecular flexibility index (Phi) is 6.10. The van der Waals surface area contributed by atoms with Gasteiger partial charge in [0.25, 0.3) is 0 Å². The fourth-order valence-electron chi connectivity index (χ4n) is 3.85. The number of anilines is 1. The average Bonchev–Trinajstić information content (AvgIpc) is 2.65. The Hall–Kier alpha value is -2.34. The van der Waals surface area contributed by atoms with Gasteiger partial charge in [-0.3, -0.25) is 14.6 Å². The molecule has 2 aliphatic heterocycles. The lowest BCUT2D eigenvalue weighted by molar-refractivity contribution is -0.156. The number of aromatic nitrogens is 1. The number of nitrogens with zero attached hydrogens (tertiary/aromatic N) is 3. The highest BCUT2D eigenvalue weighted by atomic mass is 35.5. The zero-order valence-electron chi connectivity index (χ0n) is 16.3. The van der Waals surface area contributed by atoms with Gasteiger partial charge in [-0.25, -0.2) is 13.8 Å². The van der Waals surface area contributed by atoms with Gasteiger partial charge in [-0.05, 0) is 23.8 Å². The van der Waals surface area contributed by atoms with Gasteiger partial charge in [-0.2, -0.15) is 13.2 Å². The van der Waals surface area contributed by atoms with E-state index in [2.05, 4.69) is 4.98 Å². The van der Waals surface area contributed by atoms with Crippen molar-refractivity contribution >= 4 is 23.3 Å². The fraction of sp³-hybridized carbons (Fsp3) is 0.400. The molecule has 2 fully saturated rings. The van der Waals surface area contributed by atoms with Crippen LogP contribution in [0.4, 0.5) is 27.8 Å². The highest BCUT2D eigenvalue weighted by Crippen LogP contribution is 2.34. The van der Waals surface area contributed by atoms with Crippen LogP contribution in [-0.2, 0) is 22.3 Å². The number of hydrogen-bond donors (Lipinski definition) is 1. The largest absolute Gasteiger partial charge is 0.419 e. The third-order valence-electron chi connectivity index (χ3n) is 5.46. The molecular formula is C20H17ClF5N3O3. The molecule has 0 bridgehead atoms. The lowest BCUT2D eigenvalue weighted by atomic mass is 9.92. The lowest BCUT2D eigenvalue weighted by Gasteiger charge is -2.48. The van der Waals surface area contributed by atoms with Crippen molar-refractivity contribution < 1.29 is 36.6 Å². The minimum absolute atomic E-state index is 0.0335. The summed E-state index contributed by atoms with van der Waals surface area (Å²) in [7, 11) is 0. The first-order valence-corrected chi connectivity index (χ1v) is 9.93. The number of amides is 1. The van der Waals surface area contributed by atoms with Crippen LogP contribution in [-0.4, -0.2) is 52.9 Å². The molecule has 1 amide bonds. The molecule has 3 heterocycles. The van der Waals surface area contributed by atoms with Gasteiger partial charge in [0.05, 0.1) is 36.4 Å². The van der Waals surface area contributed by atoms with E-state index in [1.807, 2.05) is 0 Å². The Morgan fingerprint density at radius 3 is 2.47 bits per heavy atom. The van der Waals surface area contributed by atoms with Gasteiger partial charge >= 0.3 is 6.18 Å². The number of hydrogen-bond acceptors (Lipinski definition) is 5. The van der Waals surface area contributed by atoms with Gasteiger partial charge in [0, 0.05) is 18.7 Å². The van der Waals surface area contributed by atoms with Crippen LogP contribution in [0.5, 0.6) is 0 Å². The first kappa shape index (κ1) is 22.8. The number of aliphatic hydroxyl groups is 1. The predicted octanol–water partition coefficient (Wildman–Crippen LogP) is 3.21. The summed E-state index contributed by atoms with van der Waals surface area (Å²) in [6, 6.07) is 2.44.